The van der Waals surface area contributed by atoms with E-state index in [4.69, 9.17) is 14.5 Å². The van der Waals surface area contributed by atoms with Crippen molar-refractivity contribution in [1.82, 2.24) is 34.8 Å². The number of ether oxygens (including phenoxy) is 2. The molecule has 2 N–H and O–H groups in total. The third kappa shape index (κ3) is 13.2. The molecule has 0 aliphatic heterocycles. The molecule has 4 heterocycles. The maximum atomic E-state index is 12.8. The Morgan fingerprint density at radius 1 is 0.702 bits per heavy atom. The van der Waals surface area contributed by atoms with Crippen LogP contribution in [0.4, 0.5) is 0 Å². The summed E-state index contributed by atoms with van der Waals surface area (Å²) in [6.45, 7) is 19.6. The molecule has 12 nitrogen and oxygen atoms in total. The number of carbonyl (C=O) groups excluding carboxylic acids is 1. The fraction of sp³-hybridized carbons (Fsp3) is 0.366. The van der Waals surface area contributed by atoms with Crippen molar-refractivity contribution in [2.75, 3.05) is 13.2 Å². The standard InChI is InChI=1S/C22H30N4O2SSi.C19H23N3O3SSi/c1-16(2)23-21(27)18-13-26(15-28-11-12-30(3,4)5)25-20(18)22-24-19(14-29-22)17-9-7-6-8-10-17;1-27(2,3)10-9-25-13-22-11-15(19(23)24)17(21-22)18-20-16(12-26-18)14-7-5-4-6-8-14/h6-10,13-14,16H,11-12,15H2,1-5H3,(H,23,27);4-8,11-12H,9-10,13H2,1-3H3,(H,23,24). The molecule has 0 saturated carbocycles. The number of nitrogens with one attached hydrogen (secondary N) is 1. The Kier molecular flexibility index (Phi) is 15.1. The van der Waals surface area contributed by atoms with Crippen LogP contribution in [0.15, 0.2) is 83.8 Å². The molecule has 0 spiro atoms. The zero-order valence-corrected chi connectivity index (χ0v) is 37.6. The van der Waals surface area contributed by atoms with Crippen molar-refractivity contribution >= 4 is 50.7 Å². The zero-order chi connectivity index (χ0) is 41.2. The average Bonchev–Trinajstić information content (AvgIpc) is 3.98. The summed E-state index contributed by atoms with van der Waals surface area (Å²) < 4.78 is 14.7. The highest BCUT2D eigenvalue weighted by Gasteiger charge is 2.23. The van der Waals surface area contributed by atoms with Crippen molar-refractivity contribution in [3.63, 3.8) is 0 Å². The number of hydrogen-bond donors (Lipinski definition) is 2. The molecule has 0 saturated heterocycles. The Labute approximate surface area is 345 Å². The molecule has 302 valence electrons. The molecule has 6 aromatic rings. The molecule has 0 aliphatic rings. The molecule has 0 fully saturated rings. The molecule has 1 amide bonds. The molecule has 0 atom stereocenters. The summed E-state index contributed by atoms with van der Waals surface area (Å²) in [6.07, 6.45) is 3.26. The Balaban J connectivity index is 0.000000219. The van der Waals surface area contributed by atoms with Gasteiger partial charge in [0.15, 0.2) is 0 Å². The smallest absolute Gasteiger partial charge is 0.339 e. The van der Waals surface area contributed by atoms with Crippen molar-refractivity contribution in [2.24, 2.45) is 0 Å². The van der Waals surface area contributed by atoms with Crippen molar-refractivity contribution < 1.29 is 24.2 Å². The van der Waals surface area contributed by atoms with Gasteiger partial charge in [-0.2, -0.15) is 10.2 Å². The van der Waals surface area contributed by atoms with Crippen LogP contribution in [-0.4, -0.2) is 81.9 Å². The number of benzene rings is 2. The summed E-state index contributed by atoms with van der Waals surface area (Å²) in [7, 11) is -2.30. The van der Waals surface area contributed by atoms with Crippen LogP contribution in [0.2, 0.25) is 51.4 Å². The van der Waals surface area contributed by atoms with Gasteiger partial charge in [-0.05, 0) is 25.9 Å². The SMILES string of the molecule is CC(C)NC(=O)c1cn(COCC[Si](C)(C)C)nc1-c1nc(-c2ccccc2)cs1.C[Si](C)(C)CCOCn1cc(C(=O)O)c(-c2nc(-c3ccccc3)cs2)n1. The van der Waals surface area contributed by atoms with Gasteiger partial charge in [0, 0.05) is 69.7 Å². The minimum Gasteiger partial charge on any atom is -0.478 e. The lowest BCUT2D eigenvalue weighted by molar-refractivity contribution is 0.0693. The molecular weight excluding hydrogens is 791 g/mol. The monoisotopic (exact) mass is 843 g/mol. The number of thiazole rings is 2. The van der Waals surface area contributed by atoms with Crippen LogP contribution in [0.5, 0.6) is 0 Å². The van der Waals surface area contributed by atoms with E-state index in [1.54, 1.807) is 10.9 Å². The highest BCUT2D eigenvalue weighted by Crippen LogP contribution is 2.31. The van der Waals surface area contributed by atoms with Crippen molar-refractivity contribution in [1.29, 1.82) is 0 Å². The fourth-order valence-corrected chi connectivity index (χ4v) is 8.44. The van der Waals surface area contributed by atoms with Crippen LogP contribution in [0.1, 0.15) is 34.6 Å². The molecule has 0 radical (unpaired) electrons. The molecule has 4 aromatic heterocycles. The maximum absolute atomic E-state index is 12.8. The number of carboxylic acid groups (broad SMARTS) is 1. The first kappa shape index (κ1) is 43.5. The third-order valence-electron chi connectivity index (χ3n) is 8.41. The second-order valence-electron chi connectivity index (χ2n) is 16.3. The molecule has 16 heteroatoms. The van der Waals surface area contributed by atoms with Gasteiger partial charge in [-0.15, -0.1) is 22.7 Å². The van der Waals surface area contributed by atoms with Crippen LogP contribution in [0, 0.1) is 0 Å². The Morgan fingerprint density at radius 3 is 1.53 bits per heavy atom. The van der Waals surface area contributed by atoms with Gasteiger partial charge in [0.1, 0.15) is 40.4 Å². The van der Waals surface area contributed by atoms with E-state index in [9.17, 15) is 14.7 Å². The van der Waals surface area contributed by atoms with E-state index in [0.717, 1.165) is 39.6 Å². The summed E-state index contributed by atoms with van der Waals surface area (Å²) in [6, 6.07) is 22.0. The van der Waals surface area contributed by atoms with Gasteiger partial charge in [-0.1, -0.05) is 99.9 Å². The summed E-state index contributed by atoms with van der Waals surface area (Å²) in [5.74, 6) is -1.17. The minimum atomic E-state index is -1.16. The van der Waals surface area contributed by atoms with Crippen molar-refractivity contribution in [3.8, 4) is 43.9 Å². The fourth-order valence-electron chi connectivity index (χ4n) is 5.27. The van der Waals surface area contributed by atoms with Gasteiger partial charge in [0.2, 0.25) is 0 Å². The van der Waals surface area contributed by atoms with Gasteiger partial charge in [0.25, 0.3) is 5.91 Å². The number of hydrogen-bond acceptors (Lipinski definition) is 10. The van der Waals surface area contributed by atoms with Crippen molar-refractivity contribution in [3.05, 3.63) is 94.9 Å². The molecule has 57 heavy (non-hydrogen) atoms. The first-order valence-corrected chi connectivity index (χ1v) is 28.1. The first-order valence-electron chi connectivity index (χ1n) is 18.9. The number of carbonyl (C=O) groups is 2. The van der Waals surface area contributed by atoms with Gasteiger partial charge in [-0.3, -0.25) is 4.79 Å². The largest absolute Gasteiger partial charge is 0.478 e. The van der Waals surface area contributed by atoms with E-state index < -0.39 is 22.1 Å². The van der Waals surface area contributed by atoms with Gasteiger partial charge in [0.05, 0.1) is 17.0 Å². The summed E-state index contributed by atoms with van der Waals surface area (Å²) in [5.41, 5.74) is 5.36. The van der Waals surface area contributed by atoms with Crippen LogP contribution in [-0.2, 0) is 22.9 Å². The van der Waals surface area contributed by atoms with Crippen LogP contribution < -0.4 is 5.32 Å². The predicted molar refractivity (Wildman–Crippen MR) is 235 cm³/mol. The highest BCUT2D eigenvalue weighted by molar-refractivity contribution is 7.13. The summed E-state index contributed by atoms with van der Waals surface area (Å²) in [4.78, 5) is 33.7. The van der Waals surface area contributed by atoms with E-state index in [2.05, 4.69) is 59.8 Å². The van der Waals surface area contributed by atoms with Gasteiger partial charge >= 0.3 is 5.97 Å². The Morgan fingerprint density at radius 2 is 1.12 bits per heavy atom. The lowest BCUT2D eigenvalue weighted by Crippen LogP contribution is -2.30. The molecule has 6 rings (SSSR count). The second kappa shape index (κ2) is 19.7. The number of aromatic carboxylic acids is 1. The Hall–Kier alpha value is -4.59. The number of aromatic nitrogens is 6. The normalized spacial score (nSPS) is 11.7. The lowest BCUT2D eigenvalue weighted by atomic mass is 10.2. The third-order valence-corrected chi connectivity index (χ3v) is 13.5. The maximum Gasteiger partial charge on any atom is 0.339 e. The zero-order valence-electron chi connectivity index (χ0n) is 34.0. The molecule has 2 aromatic carbocycles. The van der Waals surface area contributed by atoms with E-state index in [1.807, 2.05) is 85.3 Å². The quantitative estimate of drug-likeness (QED) is 0.0677. The predicted octanol–water partition coefficient (Wildman–Crippen LogP) is 9.81. The van der Waals surface area contributed by atoms with Crippen LogP contribution in [0.3, 0.4) is 0 Å². The minimum absolute atomic E-state index is 0.0397. The summed E-state index contributed by atoms with van der Waals surface area (Å²) >= 11 is 2.88. The first-order chi connectivity index (χ1) is 27.1. The van der Waals surface area contributed by atoms with E-state index >= 15 is 0 Å². The topological polar surface area (TPSA) is 146 Å². The number of nitrogens with zero attached hydrogens (tertiary/aromatic N) is 6. The summed E-state index contributed by atoms with van der Waals surface area (Å²) in [5, 5.41) is 26.8. The molecule has 0 bridgehead atoms. The van der Waals surface area contributed by atoms with Crippen molar-refractivity contribution in [2.45, 2.75) is 84.7 Å². The lowest BCUT2D eigenvalue weighted by Gasteiger charge is -2.15. The van der Waals surface area contributed by atoms with Gasteiger partial charge < -0.3 is 19.9 Å². The van der Waals surface area contributed by atoms with Crippen LogP contribution in [0.25, 0.3) is 43.9 Å². The van der Waals surface area contributed by atoms with E-state index in [-0.39, 0.29) is 24.2 Å². The molecule has 0 aliphatic carbocycles. The molecular formula is C41H53N7O5S2Si2. The number of carboxylic acids is 1. The average molecular weight is 844 g/mol. The Bertz CT molecular complexity index is 2200. The number of amides is 1. The van der Waals surface area contributed by atoms with E-state index in [1.165, 1.54) is 33.6 Å². The van der Waals surface area contributed by atoms with Gasteiger partial charge in [-0.25, -0.2) is 24.1 Å². The highest BCUT2D eigenvalue weighted by atomic mass is 32.1. The van der Waals surface area contributed by atoms with Crippen LogP contribution >= 0.6 is 22.7 Å². The number of rotatable bonds is 17. The molecule has 0 unspecified atom stereocenters. The second-order valence-corrected chi connectivity index (χ2v) is 29.3. The van der Waals surface area contributed by atoms with E-state index in [0.29, 0.717) is 41.9 Å².